The van der Waals surface area contributed by atoms with Crippen LogP contribution in [0.4, 0.5) is 45.5 Å². The zero-order chi connectivity index (χ0) is 97.8. The van der Waals surface area contributed by atoms with E-state index in [4.69, 9.17) is 0 Å². The molecule has 0 atom stereocenters. The predicted molar refractivity (Wildman–Crippen MR) is 629 cm³/mol. The minimum Gasteiger partial charge on any atom is -0.304 e. The minimum absolute atomic E-state index is 0.745. The van der Waals surface area contributed by atoms with E-state index in [1.54, 1.807) is 0 Å². The SMILES string of the molecule is C1=CN(c2cccc(-c3ccccc3)c2)P(c2cc(-c3ccccc3)cc(-c3ccccc3)c2)N1c1cccc(-c2ccccc2)c1.C1=CN(c2cccc(-c3ccccc3)c2)P(c2ccccc2)N1c1cccc(-c2ccccc2)c1.C1=CN(c2ccccc2)P(c2ccc(-c3ccccc3)cc2)N1c1ccccc1.c1ccc(C2=C(c3ccccc3)N(c3ccccc3)P(c3ccccc3)N2c2ccccc2)cc1. The van der Waals surface area contributed by atoms with E-state index in [1.807, 2.05) is 0 Å². The minimum atomic E-state index is -1.04. The molecule has 21 aromatic rings. The van der Waals surface area contributed by atoms with Crippen molar-refractivity contribution >= 4 is 111 Å². The highest BCUT2D eigenvalue weighted by Crippen LogP contribution is 2.64. The third kappa shape index (κ3) is 21.1. The van der Waals surface area contributed by atoms with Crippen molar-refractivity contribution in [1.29, 1.82) is 0 Å². The third-order valence-electron chi connectivity index (χ3n) is 25.8. The first-order valence-electron chi connectivity index (χ1n) is 49.3. The van der Waals surface area contributed by atoms with Gasteiger partial charge >= 0.3 is 0 Å². The fourth-order valence-electron chi connectivity index (χ4n) is 18.9. The summed E-state index contributed by atoms with van der Waals surface area (Å²) in [7, 11) is -3.56. The summed E-state index contributed by atoms with van der Waals surface area (Å²) in [6.45, 7) is 0. The Balaban J connectivity index is 0.000000112. The Hall–Kier alpha value is -17.3. The molecule has 21 aromatic carbocycles. The quantitative estimate of drug-likeness (QED) is 0.0657. The first-order chi connectivity index (χ1) is 72.5. The third-order valence-corrected chi connectivity index (χ3v) is 35.1. The molecule has 0 fully saturated rings. The molecule has 0 aliphatic carbocycles. The fourth-order valence-corrected chi connectivity index (χ4v) is 28.1. The van der Waals surface area contributed by atoms with Crippen LogP contribution in [0.25, 0.3) is 89.3 Å². The second-order valence-electron chi connectivity index (χ2n) is 35.3. The van der Waals surface area contributed by atoms with Crippen LogP contribution < -0.4 is 58.6 Å². The van der Waals surface area contributed by atoms with Crippen molar-refractivity contribution in [3.63, 3.8) is 0 Å². The maximum absolute atomic E-state index is 2.55. The number of para-hydroxylation sites is 4. The highest BCUT2D eigenvalue weighted by molar-refractivity contribution is 7.71. The monoisotopic (exact) mass is 1950 g/mol. The molecular weight excluding hydrogens is 1850 g/mol. The molecule has 0 spiro atoms. The van der Waals surface area contributed by atoms with Crippen LogP contribution in [0.1, 0.15) is 11.1 Å². The Labute approximate surface area is 862 Å². The van der Waals surface area contributed by atoms with E-state index in [0.29, 0.717) is 0 Å². The van der Waals surface area contributed by atoms with Gasteiger partial charge in [0.15, 0.2) is 0 Å². The number of rotatable bonds is 21. The van der Waals surface area contributed by atoms with Gasteiger partial charge in [0.05, 0.1) is 11.4 Å². The summed E-state index contributed by atoms with van der Waals surface area (Å²) < 4.78 is 19.7. The lowest BCUT2D eigenvalue weighted by Gasteiger charge is -2.34. The molecule has 0 amide bonds. The molecule has 25 rings (SSSR count). The molecule has 0 saturated carbocycles. The molecular formula is C134H104N8P4. The highest BCUT2D eigenvalue weighted by atomic mass is 31.1. The molecule has 4 aliphatic heterocycles. The maximum atomic E-state index is 2.55. The van der Waals surface area contributed by atoms with Crippen molar-refractivity contribution in [2.75, 3.05) is 37.4 Å². The molecule has 700 valence electrons. The lowest BCUT2D eigenvalue weighted by Crippen LogP contribution is -2.24. The van der Waals surface area contributed by atoms with E-state index >= 15 is 0 Å². The summed E-state index contributed by atoms with van der Waals surface area (Å²) in [6, 6.07) is 212. The molecule has 0 aromatic heterocycles. The number of hydrogen-bond donors (Lipinski definition) is 0. The first-order valence-corrected chi connectivity index (χ1v) is 54.3. The van der Waals surface area contributed by atoms with E-state index in [1.165, 1.54) is 167 Å². The fraction of sp³-hybridized carbons (Fsp3) is 0. The molecule has 12 heteroatoms. The summed E-state index contributed by atoms with van der Waals surface area (Å²) in [6.07, 6.45) is 13.3. The van der Waals surface area contributed by atoms with Gasteiger partial charge in [0.1, 0.15) is 32.9 Å². The summed E-state index contributed by atoms with van der Waals surface area (Å²) in [5.41, 5.74) is 31.5. The van der Waals surface area contributed by atoms with Gasteiger partial charge in [-0.25, -0.2) is 0 Å². The van der Waals surface area contributed by atoms with Gasteiger partial charge in [-0.1, -0.05) is 479 Å². The van der Waals surface area contributed by atoms with Crippen LogP contribution in [-0.2, 0) is 0 Å². The Bertz CT molecular complexity index is 7600. The molecule has 0 unspecified atom stereocenters. The van der Waals surface area contributed by atoms with Gasteiger partial charge in [-0.3, -0.25) is 9.34 Å². The van der Waals surface area contributed by atoms with Gasteiger partial charge in [-0.05, 0) is 193 Å². The molecule has 0 bridgehead atoms. The van der Waals surface area contributed by atoms with E-state index in [-0.39, 0.29) is 0 Å². The standard InChI is InChI=1S/C44H33N2P.2C32H25N2P.C26H21N2P/c1-5-15-34(16-6-1)38-23-13-25-42(30-38)45-27-28-46(43-26-14-24-39(31-43)35-17-7-2-8-18-35)47(45)44-32-40(36-19-9-3-10-20-36)29-41(33-44)37-21-11-4-12-22-37;1-6-16-26(17-7-1)31-32(27-18-8-2-9-19-27)34(29-22-12-4-13-23-29)35(30-24-14-5-15-25-30)33(31)28-20-10-3-11-21-28;1-4-12-26(13-5-1)28-16-10-18-30(24-28)33-22-23-34(35(33)32-20-8-3-9-21-32)31-19-11-17-29(25-31)27-14-6-2-7-15-27;1-4-10-22(11-5-1)23-16-18-26(19-17-23)29-27(24-12-6-2-7-13-24)20-21-28(29)25-14-8-3-9-15-25/h1-33H;2*1-25H;1-21H. The Kier molecular flexibility index (Phi) is 29.1. The zero-order valence-electron chi connectivity index (χ0n) is 80.4. The predicted octanol–water partition coefficient (Wildman–Crippen LogP) is 35.2. The molecule has 146 heavy (non-hydrogen) atoms. The van der Waals surface area contributed by atoms with Gasteiger partial charge in [0.2, 0.25) is 0 Å². The van der Waals surface area contributed by atoms with E-state index < -0.39 is 32.9 Å². The van der Waals surface area contributed by atoms with Crippen molar-refractivity contribution in [3.8, 4) is 77.9 Å². The summed E-state index contributed by atoms with van der Waals surface area (Å²) in [5, 5.41) is 5.20. The second-order valence-corrected chi connectivity index (χ2v) is 43.0. The summed E-state index contributed by atoms with van der Waals surface area (Å²) >= 11 is 0. The average molecular weight is 1950 g/mol. The molecule has 0 radical (unpaired) electrons. The number of anilines is 8. The Morgan fingerprint density at radius 3 is 0.548 bits per heavy atom. The normalized spacial score (nSPS) is 13.4. The Morgan fingerprint density at radius 1 is 0.103 bits per heavy atom. The molecule has 4 heterocycles. The molecule has 0 saturated heterocycles. The van der Waals surface area contributed by atoms with Crippen LogP contribution in [0, 0.1) is 0 Å². The van der Waals surface area contributed by atoms with Gasteiger partial charge in [0, 0.05) is 115 Å². The van der Waals surface area contributed by atoms with Gasteiger partial charge in [-0.15, -0.1) is 0 Å². The Morgan fingerprint density at radius 2 is 0.281 bits per heavy atom. The van der Waals surface area contributed by atoms with Gasteiger partial charge < -0.3 is 28.0 Å². The number of hydrogen-bond acceptors (Lipinski definition) is 8. The average Bonchev–Trinajstić information content (AvgIpc) is 1.57. The van der Waals surface area contributed by atoms with Crippen molar-refractivity contribution < 1.29 is 0 Å². The topological polar surface area (TPSA) is 25.9 Å². The zero-order valence-corrected chi connectivity index (χ0v) is 84.0. The molecule has 0 N–H and O–H groups in total. The van der Waals surface area contributed by atoms with Crippen LogP contribution in [0.3, 0.4) is 0 Å². The van der Waals surface area contributed by atoms with Crippen LogP contribution in [0.15, 0.2) is 632 Å². The van der Waals surface area contributed by atoms with Crippen molar-refractivity contribution in [3.05, 3.63) is 643 Å². The highest BCUT2D eigenvalue weighted by Gasteiger charge is 2.44. The van der Waals surface area contributed by atoms with E-state index in [2.05, 4.69) is 669 Å². The number of benzene rings is 21. The molecule has 8 nitrogen and oxygen atoms in total. The number of nitrogens with zero attached hydrogens (tertiary/aromatic N) is 8. The van der Waals surface area contributed by atoms with Crippen LogP contribution in [0.5, 0.6) is 0 Å². The summed E-state index contributed by atoms with van der Waals surface area (Å²) in [4.78, 5) is 0. The summed E-state index contributed by atoms with van der Waals surface area (Å²) in [5.74, 6) is 0. The van der Waals surface area contributed by atoms with Crippen molar-refractivity contribution in [1.82, 2.24) is 0 Å². The lowest BCUT2D eigenvalue weighted by atomic mass is 9.99. The smallest absolute Gasteiger partial charge is 0.138 e. The van der Waals surface area contributed by atoms with Crippen LogP contribution in [0.2, 0.25) is 0 Å². The van der Waals surface area contributed by atoms with E-state index in [9.17, 15) is 0 Å². The van der Waals surface area contributed by atoms with Gasteiger partial charge in [-0.2, -0.15) is 0 Å². The maximum Gasteiger partial charge on any atom is 0.138 e. The van der Waals surface area contributed by atoms with Crippen LogP contribution in [-0.4, -0.2) is 0 Å². The van der Waals surface area contributed by atoms with E-state index in [0.717, 1.165) is 0 Å². The second kappa shape index (κ2) is 45.3. The first kappa shape index (κ1) is 93.7. The molecule has 4 aliphatic rings. The van der Waals surface area contributed by atoms with Gasteiger partial charge in [0.25, 0.3) is 0 Å². The van der Waals surface area contributed by atoms with Crippen molar-refractivity contribution in [2.45, 2.75) is 0 Å². The van der Waals surface area contributed by atoms with Crippen LogP contribution >= 0.6 is 32.9 Å². The lowest BCUT2D eigenvalue weighted by molar-refractivity contribution is 1.43. The largest absolute Gasteiger partial charge is 0.304 e. The van der Waals surface area contributed by atoms with Crippen molar-refractivity contribution in [2.24, 2.45) is 0 Å².